The second-order valence-corrected chi connectivity index (χ2v) is 11.6. The van der Waals surface area contributed by atoms with E-state index in [0.29, 0.717) is 43.6 Å². The van der Waals surface area contributed by atoms with Crippen LogP contribution in [0.25, 0.3) is 0 Å². The van der Waals surface area contributed by atoms with Crippen LogP contribution < -0.4 is 21.3 Å². The summed E-state index contributed by atoms with van der Waals surface area (Å²) in [5.74, 6) is 0.129. The van der Waals surface area contributed by atoms with Crippen LogP contribution in [0.5, 0.6) is 0 Å². The second kappa shape index (κ2) is 17.6. The molecule has 2 aliphatic rings. The SMILES string of the molecule is CC(=O)OC(C)c1cc(CNC(=O)CCOCCOCCNC(=O)CCCCC2SCC3NC(=O)NC32)ccc1[N+](=O)[O-]. The molecule has 2 fully saturated rings. The van der Waals surface area contributed by atoms with Gasteiger partial charge in [0.15, 0.2) is 0 Å². The molecule has 0 radical (unpaired) electrons. The summed E-state index contributed by atoms with van der Waals surface area (Å²) in [5, 5.41) is 23.2. The molecule has 3 rings (SSSR count). The van der Waals surface area contributed by atoms with Crippen molar-refractivity contribution in [2.45, 2.75) is 75.9 Å². The van der Waals surface area contributed by atoms with Gasteiger partial charge in [0.25, 0.3) is 5.69 Å². The normalized spacial score (nSPS) is 19.6. The highest BCUT2D eigenvalue weighted by Gasteiger charge is 2.42. The number of nitrogens with zero attached hydrogens (tertiary/aromatic N) is 1. The molecule has 43 heavy (non-hydrogen) atoms. The first-order valence-electron chi connectivity index (χ1n) is 14.5. The van der Waals surface area contributed by atoms with Gasteiger partial charge in [-0.2, -0.15) is 11.8 Å². The number of hydrogen-bond acceptors (Lipinski definition) is 10. The number of amides is 4. The Morgan fingerprint density at radius 3 is 2.56 bits per heavy atom. The number of benzene rings is 1. The Morgan fingerprint density at radius 1 is 1.07 bits per heavy atom. The summed E-state index contributed by atoms with van der Waals surface area (Å²) in [6.45, 7) is 4.53. The maximum absolute atomic E-state index is 12.2. The van der Waals surface area contributed by atoms with Gasteiger partial charge in [-0.1, -0.05) is 12.5 Å². The zero-order valence-corrected chi connectivity index (χ0v) is 25.4. The van der Waals surface area contributed by atoms with Gasteiger partial charge < -0.3 is 35.5 Å². The summed E-state index contributed by atoms with van der Waals surface area (Å²) in [5.41, 5.74) is 0.723. The van der Waals surface area contributed by atoms with Crippen LogP contribution in [0.3, 0.4) is 0 Å². The number of nitrogens with one attached hydrogen (secondary N) is 4. The molecular formula is C28H41N5O9S. The van der Waals surface area contributed by atoms with E-state index < -0.39 is 17.0 Å². The van der Waals surface area contributed by atoms with Gasteiger partial charge in [0.1, 0.15) is 6.10 Å². The molecule has 0 bridgehead atoms. The minimum atomic E-state index is -0.803. The lowest BCUT2D eigenvalue weighted by Gasteiger charge is -2.16. The summed E-state index contributed by atoms with van der Waals surface area (Å²) < 4.78 is 16.0. The third kappa shape index (κ3) is 11.6. The van der Waals surface area contributed by atoms with Crippen molar-refractivity contribution in [2.75, 3.05) is 38.7 Å². The summed E-state index contributed by atoms with van der Waals surface area (Å²) >= 11 is 1.87. The number of ether oxygens (including phenoxy) is 3. The molecule has 14 nitrogen and oxygen atoms in total. The molecule has 0 spiro atoms. The van der Waals surface area contributed by atoms with E-state index >= 15 is 0 Å². The van der Waals surface area contributed by atoms with Crippen molar-refractivity contribution in [3.63, 3.8) is 0 Å². The summed E-state index contributed by atoms with van der Waals surface area (Å²) in [6, 6.07) is 4.74. The molecule has 4 amide bonds. The number of hydrogen-bond donors (Lipinski definition) is 4. The molecular weight excluding hydrogens is 582 g/mol. The third-order valence-electron chi connectivity index (χ3n) is 7.05. The number of fused-ring (bicyclic) bond motifs is 1. The van der Waals surface area contributed by atoms with Crippen molar-refractivity contribution in [2.24, 2.45) is 0 Å². The Morgan fingerprint density at radius 2 is 1.81 bits per heavy atom. The number of thioether (sulfide) groups is 1. The molecule has 1 aromatic carbocycles. The Hall–Kier alpha value is -3.43. The van der Waals surface area contributed by atoms with E-state index in [1.54, 1.807) is 19.1 Å². The van der Waals surface area contributed by atoms with Crippen molar-refractivity contribution in [1.29, 1.82) is 0 Å². The number of urea groups is 1. The predicted molar refractivity (Wildman–Crippen MR) is 158 cm³/mol. The minimum Gasteiger partial charge on any atom is -0.458 e. The Bertz CT molecular complexity index is 1140. The fourth-order valence-corrected chi connectivity index (χ4v) is 6.46. The number of unbranched alkanes of at least 4 members (excludes halogenated alkanes) is 1. The number of nitro benzene ring substituents is 1. The number of esters is 1. The van der Waals surface area contributed by atoms with Gasteiger partial charge in [-0.15, -0.1) is 0 Å². The summed E-state index contributed by atoms with van der Waals surface area (Å²) in [4.78, 5) is 57.7. The molecule has 2 heterocycles. The summed E-state index contributed by atoms with van der Waals surface area (Å²) in [7, 11) is 0. The van der Waals surface area contributed by atoms with Crippen LogP contribution in [-0.4, -0.2) is 84.8 Å². The number of nitro groups is 1. The van der Waals surface area contributed by atoms with E-state index in [9.17, 15) is 29.3 Å². The molecule has 4 atom stereocenters. The number of carbonyl (C=O) groups is 4. The average Bonchev–Trinajstić information content (AvgIpc) is 3.51. The smallest absolute Gasteiger partial charge is 0.315 e. The van der Waals surface area contributed by atoms with Crippen LogP contribution in [0.15, 0.2) is 18.2 Å². The standard InChI is InChI=1S/C28H41N5O9S/c1-18(42-19(2)34)21-15-20(7-8-23(21)33(38)39)16-30-26(36)9-11-40-13-14-41-12-10-29-25(35)6-4-3-5-24-27-22(17-43-24)31-28(37)32-27/h7-8,15,18,22,24,27H,3-6,9-14,16-17H2,1-2H3,(H,29,35)(H,30,36)(H2,31,32,37). The van der Waals surface area contributed by atoms with E-state index in [2.05, 4.69) is 21.3 Å². The van der Waals surface area contributed by atoms with Crippen molar-refractivity contribution in [1.82, 2.24) is 21.3 Å². The van der Waals surface area contributed by atoms with Gasteiger partial charge in [0.05, 0.1) is 49.0 Å². The molecule has 0 aromatic heterocycles. The highest BCUT2D eigenvalue weighted by molar-refractivity contribution is 8.00. The first-order valence-corrected chi connectivity index (χ1v) is 15.5. The van der Waals surface area contributed by atoms with E-state index in [-0.39, 0.29) is 60.8 Å². The quantitative estimate of drug-likeness (QED) is 0.0584. The molecule has 2 saturated heterocycles. The van der Waals surface area contributed by atoms with Crippen LogP contribution in [0.1, 0.15) is 63.2 Å². The van der Waals surface area contributed by atoms with E-state index in [1.807, 2.05) is 11.8 Å². The van der Waals surface area contributed by atoms with Gasteiger partial charge in [0, 0.05) is 49.9 Å². The first kappa shape index (κ1) is 34.1. The Labute approximate surface area is 254 Å². The Kier molecular flexibility index (Phi) is 14.0. The summed E-state index contributed by atoms with van der Waals surface area (Å²) in [6.07, 6.45) is 2.50. The number of rotatable bonds is 19. The van der Waals surface area contributed by atoms with E-state index in [0.717, 1.165) is 25.0 Å². The van der Waals surface area contributed by atoms with E-state index in [4.69, 9.17) is 14.2 Å². The monoisotopic (exact) mass is 623 g/mol. The van der Waals surface area contributed by atoms with Crippen LogP contribution in [0.2, 0.25) is 0 Å². The minimum absolute atomic E-state index is 0.0116. The molecule has 0 saturated carbocycles. The van der Waals surface area contributed by atoms with Crippen LogP contribution >= 0.6 is 11.8 Å². The van der Waals surface area contributed by atoms with Crippen molar-refractivity contribution in [3.8, 4) is 0 Å². The van der Waals surface area contributed by atoms with Gasteiger partial charge >= 0.3 is 12.0 Å². The van der Waals surface area contributed by atoms with Crippen LogP contribution in [-0.2, 0) is 35.1 Å². The topological polar surface area (TPSA) is 187 Å². The van der Waals surface area contributed by atoms with Gasteiger partial charge in [-0.25, -0.2) is 4.79 Å². The molecule has 0 aliphatic carbocycles. The van der Waals surface area contributed by atoms with Gasteiger partial charge in [-0.05, 0) is 31.4 Å². The lowest BCUT2D eigenvalue weighted by atomic mass is 10.0. The lowest BCUT2D eigenvalue weighted by molar-refractivity contribution is -0.386. The fraction of sp³-hybridized carbons (Fsp3) is 0.643. The largest absolute Gasteiger partial charge is 0.458 e. The second-order valence-electron chi connectivity index (χ2n) is 10.4. The molecule has 238 valence electrons. The van der Waals surface area contributed by atoms with Gasteiger partial charge in [-0.3, -0.25) is 24.5 Å². The molecule has 1 aromatic rings. The lowest BCUT2D eigenvalue weighted by Crippen LogP contribution is -2.36. The van der Waals surface area contributed by atoms with Gasteiger partial charge in [0.2, 0.25) is 11.8 Å². The fourth-order valence-electron chi connectivity index (χ4n) is 4.92. The van der Waals surface area contributed by atoms with Crippen molar-refractivity contribution >= 4 is 41.3 Å². The highest BCUT2D eigenvalue weighted by Crippen LogP contribution is 2.33. The highest BCUT2D eigenvalue weighted by atomic mass is 32.2. The van der Waals surface area contributed by atoms with Crippen molar-refractivity contribution in [3.05, 3.63) is 39.4 Å². The number of carbonyl (C=O) groups excluding carboxylic acids is 4. The van der Waals surface area contributed by atoms with Crippen molar-refractivity contribution < 1.29 is 38.3 Å². The molecule has 15 heteroatoms. The predicted octanol–water partition coefficient (Wildman–Crippen LogP) is 2.10. The van der Waals surface area contributed by atoms with Crippen LogP contribution in [0, 0.1) is 10.1 Å². The zero-order chi connectivity index (χ0) is 31.2. The average molecular weight is 624 g/mol. The molecule has 4 unspecified atom stereocenters. The van der Waals surface area contributed by atoms with E-state index in [1.165, 1.54) is 13.0 Å². The zero-order valence-electron chi connectivity index (χ0n) is 24.6. The molecule has 2 aliphatic heterocycles. The maximum atomic E-state index is 12.2. The first-order chi connectivity index (χ1) is 20.6. The third-order valence-corrected chi connectivity index (χ3v) is 8.56. The maximum Gasteiger partial charge on any atom is 0.315 e. The Balaban J connectivity index is 1.16. The molecule has 4 N–H and O–H groups in total. The van der Waals surface area contributed by atoms with Crippen LogP contribution in [0.4, 0.5) is 10.5 Å².